The average Bonchev–Trinajstić information content (AvgIpc) is 2.80. The van der Waals surface area contributed by atoms with Gasteiger partial charge in [0.05, 0.1) is 5.69 Å². The molecule has 7 heteroatoms. The fourth-order valence-corrected chi connectivity index (χ4v) is 2.01. The van der Waals surface area contributed by atoms with E-state index in [1.54, 1.807) is 6.92 Å². The van der Waals surface area contributed by atoms with E-state index < -0.39 is 0 Å². The Balaban J connectivity index is 2.45. The zero-order chi connectivity index (χ0) is 14.7. The first-order chi connectivity index (χ1) is 9.58. The van der Waals surface area contributed by atoms with E-state index in [1.807, 2.05) is 13.8 Å². The van der Waals surface area contributed by atoms with Crippen LogP contribution in [0.15, 0.2) is 9.32 Å². The highest BCUT2D eigenvalue weighted by atomic mass is 16.5. The Morgan fingerprint density at radius 2 is 2.15 bits per heavy atom. The van der Waals surface area contributed by atoms with Crippen LogP contribution in [-0.2, 0) is 17.8 Å². The van der Waals surface area contributed by atoms with Crippen molar-refractivity contribution in [2.45, 2.75) is 40.2 Å². The monoisotopic (exact) mass is 278 g/mol. The number of hydrogen-bond acceptors (Lipinski definition) is 5. The highest BCUT2D eigenvalue weighted by Crippen LogP contribution is 2.12. The van der Waals surface area contributed by atoms with Crippen LogP contribution in [0.2, 0.25) is 0 Å². The lowest BCUT2D eigenvalue weighted by Crippen LogP contribution is -2.34. The summed E-state index contributed by atoms with van der Waals surface area (Å²) in [5.41, 5.74) is 0.440. The lowest BCUT2D eigenvalue weighted by Gasteiger charge is -2.10. The summed E-state index contributed by atoms with van der Waals surface area (Å²) in [5.74, 6) is 0.323. The summed E-state index contributed by atoms with van der Waals surface area (Å²) < 4.78 is 6.41. The van der Waals surface area contributed by atoms with Gasteiger partial charge in [-0.2, -0.15) is 4.98 Å². The number of nitrogens with zero attached hydrogens (tertiary/aromatic N) is 3. The molecule has 1 N–H and O–H groups in total. The molecule has 2 heterocycles. The third-order valence-corrected chi connectivity index (χ3v) is 3.04. The molecule has 108 valence electrons. The maximum atomic E-state index is 12.4. The molecular formula is C13H18N4O3. The van der Waals surface area contributed by atoms with Gasteiger partial charge in [0.25, 0.3) is 11.3 Å². The van der Waals surface area contributed by atoms with Crippen LogP contribution in [0.1, 0.15) is 31.8 Å². The molecule has 0 unspecified atom stereocenters. The van der Waals surface area contributed by atoms with Gasteiger partial charge in [-0.05, 0) is 13.3 Å². The minimum Gasteiger partial charge on any atom is -0.355 e. The molecule has 2 rings (SSSR count). The van der Waals surface area contributed by atoms with Crippen molar-refractivity contribution >= 4 is 17.0 Å². The third kappa shape index (κ3) is 2.56. The van der Waals surface area contributed by atoms with Gasteiger partial charge < -0.3 is 9.84 Å². The second-order valence-electron chi connectivity index (χ2n) is 4.57. The van der Waals surface area contributed by atoms with Gasteiger partial charge in [0.15, 0.2) is 0 Å². The molecular weight excluding hydrogens is 260 g/mol. The van der Waals surface area contributed by atoms with Gasteiger partial charge in [0.2, 0.25) is 5.91 Å². The Labute approximate surface area is 116 Å². The zero-order valence-corrected chi connectivity index (χ0v) is 11.9. The maximum Gasteiger partial charge on any atom is 0.267 e. The number of nitrogens with one attached hydrogen (secondary N) is 1. The molecule has 0 radical (unpaired) electrons. The molecule has 0 spiro atoms. The van der Waals surface area contributed by atoms with Crippen molar-refractivity contribution in [1.29, 1.82) is 0 Å². The van der Waals surface area contributed by atoms with Gasteiger partial charge in [-0.3, -0.25) is 14.2 Å². The molecule has 7 nitrogen and oxygen atoms in total. The molecule has 0 fully saturated rings. The SMILES string of the molecule is CCCNC(=O)Cn1c(CC)nc2onc(C)c2c1=O. The molecule has 0 aliphatic heterocycles. The molecule has 0 bridgehead atoms. The molecule has 1 amide bonds. The Hall–Kier alpha value is -2.18. The van der Waals surface area contributed by atoms with Gasteiger partial charge in [-0.1, -0.05) is 19.0 Å². The van der Waals surface area contributed by atoms with Crippen LogP contribution < -0.4 is 10.9 Å². The number of rotatable bonds is 5. The van der Waals surface area contributed by atoms with Crippen LogP contribution in [-0.4, -0.2) is 27.2 Å². The fraction of sp³-hybridized carbons (Fsp3) is 0.538. The van der Waals surface area contributed by atoms with Crippen molar-refractivity contribution in [3.63, 3.8) is 0 Å². The van der Waals surface area contributed by atoms with Gasteiger partial charge in [0.1, 0.15) is 17.8 Å². The topological polar surface area (TPSA) is 90.0 Å². The predicted octanol–water partition coefficient (Wildman–Crippen LogP) is 0.782. The number of amides is 1. The fourth-order valence-electron chi connectivity index (χ4n) is 2.01. The van der Waals surface area contributed by atoms with Crippen molar-refractivity contribution in [3.05, 3.63) is 21.9 Å². The summed E-state index contributed by atoms with van der Waals surface area (Å²) in [6.07, 6.45) is 1.38. The molecule has 0 saturated carbocycles. The molecule has 0 aromatic carbocycles. The number of aromatic nitrogens is 3. The van der Waals surface area contributed by atoms with Crippen LogP contribution in [0.5, 0.6) is 0 Å². The third-order valence-electron chi connectivity index (χ3n) is 3.04. The molecule has 0 aliphatic carbocycles. The first-order valence-corrected chi connectivity index (χ1v) is 6.70. The lowest BCUT2D eigenvalue weighted by atomic mass is 10.3. The van der Waals surface area contributed by atoms with Crippen LogP contribution >= 0.6 is 0 Å². The number of carbonyl (C=O) groups excluding carboxylic acids is 1. The van der Waals surface area contributed by atoms with Gasteiger partial charge >= 0.3 is 0 Å². The smallest absolute Gasteiger partial charge is 0.267 e. The normalized spacial score (nSPS) is 10.9. The van der Waals surface area contributed by atoms with Crippen LogP contribution in [0, 0.1) is 6.92 Å². The predicted molar refractivity (Wildman–Crippen MR) is 73.5 cm³/mol. The maximum absolute atomic E-state index is 12.4. The Kier molecular flexibility index (Phi) is 4.16. The van der Waals surface area contributed by atoms with Gasteiger partial charge in [-0.25, -0.2) is 0 Å². The summed E-state index contributed by atoms with van der Waals surface area (Å²) in [7, 11) is 0. The van der Waals surface area contributed by atoms with Gasteiger partial charge in [-0.15, -0.1) is 0 Å². The van der Waals surface area contributed by atoms with Crippen LogP contribution in [0.3, 0.4) is 0 Å². The molecule has 0 aliphatic rings. The number of aryl methyl sites for hydroxylation is 2. The van der Waals surface area contributed by atoms with Crippen molar-refractivity contribution < 1.29 is 9.32 Å². The summed E-state index contributed by atoms with van der Waals surface area (Å²) >= 11 is 0. The lowest BCUT2D eigenvalue weighted by molar-refractivity contribution is -0.121. The van der Waals surface area contributed by atoms with E-state index in [2.05, 4.69) is 15.5 Å². The second kappa shape index (κ2) is 5.85. The molecule has 2 aromatic rings. The van der Waals surface area contributed by atoms with E-state index in [0.29, 0.717) is 29.9 Å². The first-order valence-electron chi connectivity index (χ1n) is 6.70. The quantitative estimate of drug-likeness (QED) is 0.873. The van der Waals surface area contributed by atoms with Crippen molar-refractivity contribution in [1.82, 2.24) is 20.0 Å². The summed E-state index contributed by atoms with van der Waals surface area (Å²) in [4.78, 5) is 28.5. The minimum absolute atomic E-state index is 0.0322. The van der Waals surface area contributed by atoms with Crippen molar-refractivity contribution in [3.8, 4) is 0 Å². The van der Waals surface area contributed by atoms with Crippen LogP contribution in [0.4, 0.5) is 0 Å². The number of hydrogen-bond donors (Lipinski definition) is 1. The average molecular weight is 278 g/mol. The van der Waals surface area contributed by atoms with E-state index in [1.165, 1.54) is 4.57 Å². The van der Waals surface area contributed by atoms with Crippen molar-refractivity contribution in [2.24, 2.45) is 0 Å². The van der Waals surface area contributed by atoms with E-state index in [9.17, 15) is 9.59 Å². The Morgan fingerprint density at radius 3 is 2.80 bits per heavy atom. The first kappa shape index (κ1) is 14.2. The summed E-state index contributed by atoms with van der Waals surface area (Å²) in [6.45, 7) is 6.09. The molecule has 2 aromatic heterocycles. The van der Waals surface area contributed by atoms with E-state index >= 15 is 0 Å². The molecule has 20 heavy (non-hydrogen) atoms. The number of carbonyl (C=O) groups is 1. The highest BCUT2D eigenvalue weighted by Gasteiger charge is 2.17. The molecule has 0 saturated heterocycles. The second-order valence-corrected chi connectivity index (χ2v) is 4.57. The van der Waals surface area contributed by atoms with Crippen molar-refractivity contribution in [2.75, 3.05) is 6.54 Å². The standard InChI is InChI=1S/C13H18N4O3/c1-4-6-14-10(18)7-17-9(5-2)15-12-11(13(17)19)8(3)16-20-12/h4-7H2,1-3H3,(H,14,18). The zero-order valence-electron chi connectivity index (χ0n) is 11.9. The highest BCUT2D eigenvalue weighted by molar-refractivity contribution is 5.77. The summed E-state index contributed by atoms with van der Waals surface area (Å²) in [6, 6.07) is 0. The Bertz CT molecular complexity index is 687. The van der Waals surface area contributed by atoms with E-state index in [0.717, 1.165) is 6.42 Å². The van der Waals surface area contributed by atoms with Crippen LogP contribution in [0.25, 0.3) is 11.1 Å². The molecule has 0 atom stereocenters. The van der Waals surface area contributed by atoms with E-state index in [-0.39, 0.29) is 23.7 Å². The van der Waals surface area contributed by atoms with E-state index in [4.69, 9.17) is 4.52 Å². The Morgan fingerprint density at radius 1 is 1.40 bits per heavy atom. The summed E-state index contributed by atoms with van der Waals surface area (Å²) in [5, 5.41) is 6.84. The largest absolute Gasteiger partial charge is 0.355 e. The van der Waals surface area contributed by atoms with Gasteiger partial charge in [0, 0.05) is 13.0 Å². The number of fused-ring (bicyclic) bond motifs is 1. The minimum atomic E-state index is -0.280.